The van der Waals surface area contributed by atoms with E-state index in [1.54, 1.807) is 0 Å². The van der Waals surface area contributed by atoms with Crippen molar-refractivity contribution in [1.82, 2.24) is 5.32 Å². The minimum atomic E-state index is -0.525. The van der Waals surface area contributed by atoms with Crippen LogP contribution >= 0.6 is 23.4 Å². The predicted octanol–water partition coefficient (Wildman–Crippen LogP) is 5.38. The second-order valence-electron chi connectivity index (χ2n) is 8.57. The molecule has 0 bridgehead atoms. The fourth-order valence-corrected chi connectivity index (χ4v) is 4.96. The SMILES string of the molecule is CCN(C)c1ccc(C2(Sc3ccc(Cl)cc3)CCNC2)cc1OCC(C)(C)C=O. The summed E-state index contributed by atoms with van der Waals surface area (Å²) in [7, 11) is 2.06. The van der Waals surface area contributed by atoms with Gasteiger partial charge >= 0.3 is 0 Å². The second kappa shape index (κ2) is 9.63. The molecule has 1 heterocycles. The Kier molecular flexibility index (Phi) is 7.38. The number of thioether (sulfide) groups is 1. The number of hydrogen-bond acceptors (Lipinski definition) is 5. The first-order valence-corrected chi connectivity index (χ1v) is 11.6. The molecule has 3 rings (SSSR count). The fourth-order valence-electron chi connectivity index (χ4n) is 3.49. The maximum absolute atomic E-state index is 11.4. The van der Waals surface area contributed by atoms with Gasteiger partial charge in [-0.1, -0.05) is 17.7 Å². The van der Waals surface area contributed by atoms with Gasteiger partial charge in [0.25, 0.3) is 0 Å². The van der Waals surface area contributed by atoms with E-state index in [1.165, 1.54) is 10.5 Å². The Morgan fingerprint density at radius 2 is 2.00 bits per heavy atom. The van der Waals surface area contributed by atoms with Crippen molar-refractivity contribution in [2.75, 3.05) is 38.2 Å². The van der Waals surface area contributed by atoms with Gasteiger partial charge in [-0.05, 0) is 75.7 Å². The van der Waals surface area contributed by atoms with Crippen LogP contribution in [0, 0.1) is 5.41 Å². The Labute approximate surface area is 189 Å². The van der Waals surface area contributed by atoms with Crippen LogP contribution in [0.3, 0.4) is 0 Å². The minimum Gasteiger partial charge on any atom is -0.490 e. The lowest BCUT2D eigenvalue weighted by atomic mass is 9.95. The summed E-state index contributed by atoms with van der Waals surface area (Å²) in [6, 6.07) is 14.6. The molecule has 1 aliphatic heterocycles. The van der Waals surface area contributed by atoms with Gasteiger partial charge in [-0.15, -0.1) is 11.8 Å². The molecule has 0 spiro atoms. The largest absolute Gasteiger partial charge is 0.490 e. The van der Waals surface area contributed by atoms with Gasteiger partial charge in [0.15, 0.2) is 0 Å². The fraction of sp³-hybridized carbons (Fsp3) is 0.458. The number of ether oxygens (including phenoxy) is 1. The number of aldehydes is 1. The lowest BCUT2D eigenvalue weighted by Crippen LogP contribution is -2.27. The molecule has 0 amide bonds. The molecule has 4 nitrogen and oxygen atoms in total. The highest BCUT2D eigenvalue weighted by atomic mass is 35.5. The van der Waals surface area contributed by atoms with Gasteiger partial charge in [-0.3, -0.25) is 0 Å². The average molecular weight is 447 g/mol. The van der Waals surface area contributed by atoms with Crippen LogP contribution in [-0.2, 0) is 9.54 Å². The lowest BCUT2D eigenvalue weighted by molar-refractivity contribution is -0.116. The van der Waals surface area contributed by atoms with Crippen LogP contribution in [0.4, 0.5) is 5.69 Å². The Morgan fingerprint density at radius 1 is 1.27 bits per heavy atom. The predicted molar refractivity (Wildman–Crippen MR) is 127 cm³/mol. The molecule has 2 aromatic carbocycles. The van der Waals surface area contributed by atoms with E-state index in [-0.39, 0.29) is 4.75 Å². The zero-order valence-electron chi connectivity index (χ0n) is 18.2. The number of nitrogens with zero attached hydrogens (tertiary/aromatic N) is 1. The van der Waals surface area contributed by atoms with E-state index in [4.69, 9.17) is 16.3 Å². The topological polar surface area (TPSA) is 41.6 Å². The van der Waals surface area contributed by atoms with Crippen LogP contribution in [-0.4, -0.2) is 39.6 Å². The maximum Gasteiger partial charge on any atom is 0.142 e. The van der Waals surface area contributed by atoms with Crippen LogP contribution in [0.5, 0.6) is 5.75 Å². The average Bonchev–Trinajstić information content (AvgIpc) is 3.23. The smallest absolute Gasteiger partial charge is 0.142 e. The van der Waals surface area contributed by atoms with Crippen LogP contribution in [0.2, 0.25) is 5.02 Å². The quantitative estimate of drug-likeness (QED) is 0.523. The zero-order valence-corrected chi connectivity index (χ0v) is 19.8. The van der Waals surface area contributed by atoms with Crippen molar-refractivity contribution in [3.8, 4) is 5.75 Å². The molecule has 162 valence electrons. The Hall–Kier alpha value is -1.69. The molecule has 1 saturated heterocycles. The monoisotopic (exact) mass is 446 g/mol. The standard InChI is InChI=1S/C24H31ClN2O2S/c1-5-27(4)21-11-6-18(14-22(21)29-17-23(2,3)16-28)24(12-13-26-15-24)30-20-9-7-19(25)8-10-20/h6-11,14,16,26H,5,12-13,15,17H2,1-4H3. The lowest BCUT2D eigenvalue weighted by Gasteiger charge is -2.31. The minimum absolute atomic E-state index is 0.0740. The van der Waals surface area contributed by atoms with Crippen molar-refractivity contribution >= 4 is 35.3 Å². The van der Waals surface area contributed by atoms with E-state index in [0.717, 1.165) is 48.8 Å². The Morgan fingerprint density at radius 3 is 2.60 bits per heavy atom. The molecule has 1 N–H and O–H groups in total. The van der Waals surface area contributed by atoms with E-state index in [1.807, 2.05) is 37.7 Å². The highest BCUT2D eigenvalue weighted by molar-refractivity contribution is 8.00. The normalized spacial score (nSPS) is 19.0. The molecule has 1 atom stereocenters. The number of rotatable bonds is 9. The van der Waals surface area contributed by atoms with Gasteiger partial charge in [-0.25, -0.2) is 0 Å². The number of carbonyl (C=O) groups is 1. The van der Waals surface area contributed by atoms with Crippen molar-refractivity contribution in [3.63, 3.8) is 0 Å². The third-order valence-corrected chi connectivity index (χ3v) is 7.27. The summed E-state index contributed by atoms with van der Waals surface area (Å²) in [5.74, 6) is 0.828. The van der Waals surface area contributed by atoms with E-state index >= 15 is 0 Å². The third kappa shape index (κ3) is 5.32. The highest BCUT2D eigenvalue weighted by Crippen LogP contribution is 2.47. The summed E-state index contributed by atoms with van der Waals surface area (Å²) in [6.45, 7) is 9.00. The summed E-state index contributed by atoms with van der Waals surface area (Å²) in [5.41, 5.74) is 1.75. The Bertz CT molecular complexity index is 864. The van der Waals surface area contributed by atoms with Gasteiger partial charge in [0.1, 0.15) is 18.6 Å². The molecule has 0 radical (unpaired) electrons. The van der Waals surface area contributed by atoms with Gasteiger partial charge < -0.3 is 19.7 Å². The first-order valence-electron chi connectivity index (χ1n) is 10.4. The maximum atomic E-state index is 11.4. The van der Waals surface area contributed by atoms with Crippen LogP contribution < -0.4 is 15.0 Å². The molecular formula is C24H31ClN2O2S. The Balaban J connectivity index is 1.96. The number of anilines is 1. The molecule has 1 aliphatic rings. The summed E-state index contributed by atoms with van der Waals surface area (Å²) in [4.78, 5) is 14.7. The van der Waals surface area contributed by atoms with E-state index in [9.17, 15) is 4.79 Å². The molecule has 0 aliphatic carbocycles. The summed E-state index contributed by atoms with van der Waals surface area (Å²) in [6.07, 6.45) is 1.99. The first kappa shape index (κ1) is 23.0. The van der Waals surface area contributed by atoms with Gasteiger partial charge in [0.05, 0.1) is 15.8 Å². The van der Waals surface area contributed by atoms with Crippen molar-refractivity contribution < 1.29 is 9.53 Å². The number of halogens is 1. The number of nitrogens with one attached hydrogen (secondary N) is 1. The van der Waals surface area contributed by atoms with Gasteiger partial charge in [-0.2, -0.15) is 0 Å². The van der Waals surface area contributed by atoms with E-state index in [0.29, 0.717) is 6.61 Å². The van der Waals surface area contributed by atoms with Gasteiger partial charge in [0, 0.05) is 30.1 Å². The van der Waals surface area contributed by atoms with Gasteiger partial charge in [0.2, 0.25) is 0 Å². The molecule has 1 fully saturated rings. The summed E-state index contributed by atoms with van der Waals surface area (Å²) < 4.78 is 6.13. The second-order valence-corrected chi connectivity index (χ2v) is 10.5. The molecule has 0 saturated carbocycles. The van der Waals surface area contributed by atoms with Crippen molar-refractivity contribution in [2.45, 2.75) is 36.8 Å². The third-order valence-electron chi connectivity index (χ3n) is 5.53. The number of carbonyl (C=O) groups excluding carboxylic acids is 1. The van der Waals surface area contributed by atoms with E-state index < -0.39 is 5.41 Å². The molecule has 30 heavy (non-hydrogen) atoms. The number of hydrogen-bond donors (Lipinski definition) is 1. The summed E-state index contributed by atoms with van der Waals surface area (Å²) in [5, 5.41) is 4.28. The first-order chi connectivity index (χ1) is 14.3. The molecular weight excluding hydrogens is 416 g/mol. The van der Waals surface area contributed by atoms with Crippen LogP contribution in [0.1, 0.15) is 32.8 Å². The molecule has 2 aromatic rings. The number of benzene rings is 2. The van der Waals surface area contributed by atoms with Crippen LogP contribution in [0.15, 0.2) is 47.4 Å². The molecule has 0 aromatic heterocycles. The van der Waals surface area contributed by atoms with Crippen LogP contribution in [0.25, 0.3) is 0 Å². The van der Waals surface area contributed by atoms with E-state index in [2.05, 4.69) is 54.5 Å². The molecule has 6 heteroatoms. The summed E-state index contributed by atoms with van der Waals surface area (Å²) >= 11 is 7.95. The van der Waals surface area contributed by atoms with Crippen molar-refractivity contribution in [3.05, 3.63) is 53.1 Å². The van der Waals surface area contributed by atoms with Crippen molar-refractivity contribution in [1.29, 1.82) is 0 Å². The molecule has 1 unspecified atom stereocenters. The zero-order chi connectivity index (χ0) is 21.8. The highest BCUT2D eigenvalue weighted by Gasteiger charge is 2.37. The van der Waals surface area contributed by atoms with Crippen molar-refractivity contribution in [2.24, 2.45) is 5.41 Å².